The number of aliphatic hydroxyl groups excluding tert-OH is 3. The van der Waals surface area contributed by atoms with E-state index < -0.39 is 18.3 Å². The van der Waals surface area contributed by atoms with Crippen LogP contribution in [0, 0.1) is 11.8 Å². The Hall–Kier alpha value is -0.160. The Labute approximate surface area is 115 Å². The summed E-state index contributed by atoms with van der Waals surface area (Å²) in [5, 5.41) is 34.0. The van der Waals surface area contributed by atoms with Gasteiger partial charge in [-0.2, -0.15) is 0 Å². The summed E-state index contributed by atoms with van der Waals surface area (Å²) in [7, 11) is 0. The molecule has 0 aromatic rings. The average molecular weight is 269 g/mol. The number of β-amino-alcohol motifs (C(OH)–C–C–N with tert-alkyl or cyclic N) is 1. The standard InChI is InChI=1S/C15H27NO3/c17-11(8-10-4-2-1-3-5-10)13-14(19)12(18)9-16-15(13)6-7-15/h10-14,16-19H,1-9H2. The van der Waals surface area contributed by atoms with Crippen molar-refractivity contribution in [3.05, 3.63) is 0 Å². The van der Waals surface area contributed by atoms with E-state index in [2.05, 4.69) is 5.32 Å². The van der Waals surface area contributed by atoms with Crippen LogP contribution in [0.5, 0.6) is 0 Å². The molecule has 1 heterocycles. The fourth-order valence-corrected chi connectivity index (χ4v) is 4.26. The third-order valence-electron chi connectivity index (χ3n) is 5.57. The van der Waals surface area contributed by atoms with Gasteiger partial charge in [0.15, 0.2) is 0 Å². The van der Waals surface area contributed by atoms with E-state index in [1.807, 2.05) is 0 Å². The number of hydrogen-bond donors (Lipinski definition) is 4. The second-order valence-corrected chi connectivity index (χ2v) is 6.93. The van der Waals surface area contributed by atoms with Crippen LogP contribution in [0.2, 0.25) is 0 Å². The molecule has 0 aromatic carbocycles. The number of rotatable bonds is 3. The molecule has 4 unspecified atom stereocenters. The molecule has 4 heteroatoms. The molecule has 4 N–H and O–H groups in total. The summed E-state index contributed by atoms with van der Waals surface area (Å²) in [6.07, 6.45) is 7.12. The van der Waals surface area contributed by atoms with Crippen LogP contribution < -0.4 is 5.32 Å². The molecular weight excluding hydrogens is 242 g/mol. The first kappa shape index (κ1) is 13.8. The summed E-state index contributed by atoms with van der Waals surface area (Å²) in [5.74, 6) is 0.406. The van der Waals surface area contributed by atoms with Crippen molar-refractivity contribution in [2.75, 3.05) is 6.54 Å². The summed E-state index contributed by atoms with van der Waals surface area (Å²) in [6, 6.07) is 0. The molecule has 1 aliphatic heterocycles. The zero-order chi connectivity index (χ0) is 13.5. The molecule has 4 atom stereocenters. The number of hydrogen-bond acceptors (Lipinski definition) is 4. The second-order valence-electron chi connectivity index (χ2n) is 6.93. The van der Waals surface area contributed by atoms with E-state index >= 15 is 0 Å². The molecular formula is C15H27NO3. The van der Waals surface area contributed by atoms with Crippen molar-refractivity contribution in [2.45, 2.75) is 75.2 Å². The van der Waals surface area contributed by atoms with Gasteiger partial charge < -0.3 is 20.6 Å². The van der Waals surface area contributed by atoms with Crippen LogP contribution in [0.4, 0.5) is 0 Å². The summed E-state index contributed by atoms with van der Waals surface area (Å²) in [6.45, 7) is 0.452. The highest BCUT2D eigenvalue weighted by Gasteiger charge is 2.58. The smallest absolute Gasteiger partial charge is 0.0927 e. The van der Waals surface area contributed by atoms with Crippen molar-refractivity contribution >= 4 is 0 Å². The first-order valence-electron chi connectivity index (χ1n) is 7.92. The normalized spacial score (nSPS) is 40.3. The first-order chi connectivity index (χ1) is 9.12. The molecule has 3 fully saturated rings. The second kappa shape index (κ2) is 5.32. The maximum Gasteiger partial charge on any atom is 0.0927 e. The van der Waals surface area contributed by atoms with Gasteiger partial charge in [-0.25, -0.2) is 0 Å². The van der Waals surface area contributed by atoms with E-state index in [1.165, 1.54) is 32.1 Å². The highest BCUT2D eigenvalue weighted by Crippen LogP contribution is 2.49. The highest BCUT2D eigenvalue weighted by atomic mass is 16.3. The Kier molecular flexibility index (Phi) is 3.87. The van der Waals surface area contributed by atoms with E-state index in [4.69, 9.17) is 0 Å². The highest BCUT2D eigenvalue weighted by molar-refractivity contribution is 5.14. The van der Waals surface area contributed by atoms with Crippen LogP contribution in [0.25, 0.3) is 0 Å². The van der Waals surface area contributed by atoms with Gasteiger partial charge in [0.05, 0.1) is 18.3 Å². The summed E-state index contributed by atoms with van der Waals surface area (Å²) in [4.78, 5) is 0. The fourth-order valence-electron chi connectivity index (χ4n) is 4.26. The molecule has 3 rings (SSSR count). The molecule has 0 aromatic heterocycles. The van der Waals surface area contributed by atoms with Crippen LogP contribution >= 0.6 is 0 Å². The quantitative estimate of drug-likeness (QED) is 0.611. The minimum absolute atomic E-state index is 0.0905. The Morgan fingerprint density at radius 3 is 2.42 bits per heavy atom. The monoisotopic (exact) mass is 269 g/mol. The SMILES string of the molecule is OC1CNC2(CC2)C(C(O)CC2CCCCC2)C1O. The lowest BCUT2D eigenvalue weighted by atomic mass is 9.75. The molecule has 3 aliphatic rings. The Balaban J connectivity index is 1.64. The van der Waals surface area contributed by atoms with Crippen LogP contribution in [0.3, 0.4) is 0 Å². The van der Waals surface area contributed by atoms with Gasteiger partial charge in [-0.15, -0.1) is 0 Å². The lowest BCUT2D eigenvalue weighted by molar-refractivity contribution is -0.103. The molecule has 0 radical (unpaired) electrons. The van der Waals surface area contributed by atoms with Crippen molar-refractivity contribution in [2.24, 2.45) is 11.8 Å². The van der Waals surface area contributed by atoms with Gasteiger partial charge in [0.2, 0.25) is 0 Å². The lowest BCUT2D eigenvalue weighted by Crippen LogP contribution is -2.61. The molecule has 0 bridgehead atoms. The number of nitrogens with one attached hydrogen (secondary N) is 1. The third-order valence-corrected chi connectivity index (χ3v) is 5.57. The topological polar surface area (TPSA) is 72.7 Å². The van der Waals surface area contributed by atoms with Gasteiger partial charge in [-0.3, -0.25) is 0 Å². The minimum atomic E-state index is -0.776. The molecule has 110 valence electrons. The summed E-state index contributed by atoms with van der Waals surface area (Å²) < 4.78 is 0. The zero-order valence-electron chi connectivity index (χ0n) is 11.6. The van der Waals surface area contributed by atoms with Crippen LogP contribution in [-0.2, 0) is 0 Å². The molecule has 0 amide bonds. The van der Waals surface area contributed by atoms with Gasteiger partial charge in [0.25, 0.3) is 0 Å². The molecule has 1 saturated heterocycles. The van der Waals surface area contributed by atoms with E-state index in [0.29, 0.717) is 12.5 Å². The summed E-state index contributed by atoms with van der Waals surface area (Å²) >= 11 is 0. The largest absolute Gasteiger partial charge is 0.393 e. The van der Waals surface area contributed by atoms with E-state index in [9.17, 15) is 15.3 Å². The Morgan fingerprint density at radius 2 is 1.79 bits per heavy atom. The number of piperidine rings is 1. The average Bonchev–Trinajstić information content (AvgIpc) is 3.16. The van der Waals surface area contributed by atoms with E-state index in [-0.39, 0.29) is 11.5 Å². The van der Waals surface area contributed by atoms with Gasteiger partial charge in [0, 0.05) is 18.0 Å². The van der Waals surface area contributed by atoms with Crippen molar-refractivity contribution in [3.63, 3.8) is 0 Å². The molecule has 2 aliphatic carbocycles. The molecule has 1 spiro atoms. The minimum Gasteiger partial charge on any atom is -0.393 e. The van der Waals surface area contributed by atoms with Crippen molar-refractivity contribution < 1.29 is 15.3 Å². The third kappa shape index (κ3) is 2.68. The predicted molar refractivity (Wildman–Crippen MR) is 72.7 cm³/mol. The maximum absolute atomic E-state index is 10.6. The molecule has 2 saturated carbocycles. The van der Waals surface area contributed by atoms with E-state index in [1.54, 1.807) is 0 Å². The van der Waals surface area contributed by atoms with Gasteiger partial charge in [-0.05, 0) is 25.2 Å². The maximum atomic E-state index is 10.6. The van der Waals surface area contributed by atoms with Gasteiger partial charge in [-0.1, -0.05) is 32.1 Å². The Morgan fingerprint density at radius 1 is 1.11 bits per heavy atom. The van der Waals surface area contributed by atoms with Gasteiger partial charge >= 0.3 is 0 Å². The van der Waals surface area contributed by atoms with Crippen LogP contribution in [-0.4, -0.2) is 45.7 Å². The fraction of sp³-hybridized carbons (Fsp3) is 1.00. The molecule has 4 nitrogen and oxygen atoms in total. The van der Waals surface area contributed by atoms with Crippen molar-refractivity contribution in [3.8, 4) is 0 Å². The van der Waals surface area contributed by atoms with Crippen LogP contribution in [0.1, 0.15) is 51.4 Å². The van der Waals surface area contributed by atoms with Crippen molar-refractivity contribution in [1.29, 1.82) is 0 Å². The van der Waals surface area contributed by atoms with Crippen LogP contribution in [0.15, 0.2) is 0 Å². The predicted octanol–water partition coefficient (Wildman–Crippen LogP) is 0.791. The molecule has 19 heavy (non-hydrogen) atoms. The van der Waals surface area contributed by atoms with Gasteiger partial charge in [0.1, 0.15) is 0 Å². The summed E-state index contributed by atoms with van der Waals surface area (Å²) in [5.41, 5.74) is -0.0905. The Bertz CT molecular complexity index is 313. The zero-order valence-corrected chi connectivity index (χ0v) is 11.6. The van der Waals surface area contributed by atoms with E-state index in [0.717, 1.165) is 19.3 Å². The first-order valence-corrected chi connectivity index (χ1v) is 7.92. The number of aliphatic hydroxyl groups is 3. The lowest BCUT2D eigenvalue weighted by Gasteiger charge is -2.43. The van der Waals surface area contributed by atoms with Crippen molar-refractivity contribution in [1.82, 2.24) is 5.32 Å².